The first kappa shape index (κ1) is 13.8. The molecule has 0 radical (unpaired) electrons. The summed E-state index contributed by atoms with van der Waals surface area (Å²) in [5.74, 6) is 0. The molecule has 0 amide bonds. The molecule has 0 aliphatic rings. The van der Waals surface area contributed by atoms with Crippen molar-refractivity contribution in [2.45, 2.75) is 51.4 Å². The molecule has 3 heteroatoms. The fourth-order valence-electron chi connectivity index (χ4n) is 1.25. The summed E-state index contributed by atoms with van der Waals surface area (Å²) in [5.41, 5.74) is 0. The van der Waals surface area contributed by atoms with Crippen molar-refractivity contribution in [3.8, 4) is 0 Å². The molecule has 0 rings (SSSR count). The molecule has 0 atom stereocenters. The molecule has 0 fully saturated rings. The average Bonchev–Trinajstić information content (AvgIpc) is 2.09. The molecule has 0 aliphatic heterocycles. The van der Waals surface area contributed by atoms with Crippen LogP contribution in [-0.2, 0) is 4.79 Å². The molecule has 13 heavy (non-hydrogen) atoms. The Kier molecular flexibility index (Phi) is 11.5. The van der Waals surface area contributed by atoms with E-state index in [0.717, 1.165) is 6.42 Å². The van der Waals surface area contributed by atoms with Gasteiger partial charge in [0, 0.05) is 6.42 Å². The van der Waals surface area contributed by atoms with Gasteiger partial charge in [-0.2, -0.15) is 0 Å². The molecular formula is C10H19IOS. The van der Waals surface area contributed by atoms with Crippen molar-refractivity contribution in [1.82, 2.24) is 0 Å². The number of rotatable bonds is 9. The number of alkyl halides is 1. The van der Waals surface area contributed by atoms with E-state index < -0.39 is 0 Å². The van der Waals surface area contributed by atoms with Crippen molar-refractivity contribution in [3.63, 3.8) is 0 Å². The van der Waals surface area contributed by atoms with Crippen LogP contribution in [0.1, 0.15) is 51.4 Å². The lowest BCUT2D eigenvalue weighted by Crippen LogP contribution is -1.86. The number of carbonyl (C=O) groups excluding carboxylic acids is 1. The van der Waals surface area contributed by atoms with Crippen molar-refractivity contribution in [1.29, 1.82) is 0 Å². The fourth-order valence-corrected chi connectivity index (χ4v) is 1.95. The lowest BCUT2D eigenvalue weighted by Gasteiger charge is -1.99. The van der Waals surface area contributed by atoms with E-state index in [1.165, 1.54) is 43.0 Å². The number of unbranched alkanes of at least 4 members (excludes halogenated alkanes) is 6. The van der Waals surface area contributed by atoms with Gasteiger partial charge in [0.25, 0.3) is 0 Å². The second kappa shape index (κ2) is 10.8. The summed E-state index contributed by atoms with van der Waals surface area (Å²) in [6.07, 6.45) is 9.56. The van der Waals surface area contributed by atoms with E-state index in [-0.39, 0.29) is 5.12 Å². The first-order valence-corrected chi connectivity index (χ1v) is 7.02. The summed E-state index contributed by atoms with van der Waals surface area (Å²) in [7, 11) is 0. The van der Waals surface area contributed by atoms with Crippen LogP contribution in [0, 0.1) is 0 Å². The van der Waals surface area contributed by atoms with Gasteiger partial charge in [0.05, 0.1) is 0 Å². The summed E-state index contributed by atoms with van der Waals surface area (Å²) >= 11 is 6.15. The molecule has 1 nitrogen and oxygen atoms in total. The second-order valence-electron chi connectivity index (χ2n) is 3.31. The molecule has 0 heterocycles. The summed E-state index contributed by atoms with van der Waals surface area (Å²) in [5, 5.41) is 0.0323. The Morgan fingerprint density at radius 2 is 1.38 bits per heavy atom. The normalized spacial score (nSPS) is 10.3. The highest BCUT2D eigenvalue weighted by Gasteiger charge is 1.94. The number of thiol groups is 1. The van der Waals surface area contributed by atoms with E-state index in [2.05, 4.69) is 35.2 Å². The standard InChI is InChI=1S/C10H19IOS/c11-9-7-5-3-1-2-4-6-8-10(12)13/h1-9H2,(H,12,13). The van der Waals surface area contributed by atoms with Crippen LogP contribution in [0.15, 0.2) is 0 Å². The van der Waals surface area contributed by atoms with Crippen LogP contribution >= 0.6 is 35.2 Å². The maximum absolute atomic E-state index is 10.5. The van der Waals surface area contributed by atoms with Gasteiger partial charge >= 0.3 is 0 Å². The largest absolute Gasteiger partial charge is 0.288 e. The molecule has 0 aromatic rings. The van der Waals surface area contributed by atoms with Crippen LogP contribution in [0.3, 0.4) is 0 Å². The number of hydrogen-bond donors (Lipinski definition) is 1. The monoisotopic (exact) mass is 314 g/mol. The van der Waals surface area contributed by atoms with E-state index in [1.807, 2.05) is 0 Å². The molecule has 0 unspecified atom stereocenters. The van der Waals surface area contributed by atoms with Gasteiger partial charge < -0.3 is 0 Å². The van der Waals surface area contributed by atoms with Gasteiger partial charge in [0.2, 0.25) is 0 Å². The minimum absolute atomic E-state index is 0.0323. The van der Waals surface area contributed by atoms with Crippen molar-refractivity contribution >= 4 is 40.3 Å². The Hall–Kier alpha value is 0.750. The zero-order valence-electron chi connectivity index (χ0n) is 8.10. The van der Waals surface area contributed by atoms with Crippen LogP contribution in [0.5, 0.6) is 0 Å². The van der Waals surface area contributed by atoms with Gasteiger partial charge in [-0.25, -0.2) is 0 Å². The molecule has 0 N–H and O–H groups in total. The third-order valence-corrected chi connectivity index (χ3v) is 3.01. The van der Waals surface area contributed by atoms with Gasteiger partial charge in [-0.3, -0.25) is 4.79 Å². The average molecular weight is 314 g/mol. The molecule has 0 aliphatic carbocycles. The van der Waals surface area contributed by atoms with Crippen LogP contribution < -0.4 is 0 Å². The molecule has 0 saturated heterocycles. The molecule has 0 bridgehead atoms. The molecular weight excluding hydrogens is 295 g/mol. The molecule has 0 aromatic heterocycles. The fraction of sp³-hybridized carbons (Fsp3) is 0.900. The van der Waals surface area contributed by atoms with Crippen LogP contribution in [0.25, 0.3) is 0 Å². The van der Waals surface area contributed by atoms with Crippen LogP contribution in [-0.4, -0.2) is 9.54 Å². The summed E-state index contributed by atoms with van der Waals surface area (Å²) in [6, 6.07) is 0. The Morgan fingerprint density at radius 3 is 1.85 bits per heavy atom. The Labute approximate surface area is 101 Å². The van der Waals surface area contributed by atoms with Crippen molar-refractivity contribution < 1.29 is 4.79 Å². The van der Waals surface area contributed by atoms with Gasteiger partial charge in [-0.05, 0) is 17.3 Å². The number of carbonyl (C=O) groups is 1. The molecule has 0 saturated carbocycles. The maximum atomic E-state index is 10.5. The molecule has 0 aromatic carbocycles. The van der Waals surface area contributed by atoms with Crippen molar-refractivity contribution in [3.05, 3.63) is 0 Å². The van der Waals surface area contributed by atoms with Gasteiger partial charge in [0.1, 0.15) is 0 Å². The maximum Gasteiger partial charge on any atom is 0.185 e. The highest BCUT2D eigenvalue weighted by Crippen LogP contribution is 2.09. The first-order chi connectivity index (χ1) is 6.27. The zero-order valence-corrected chi connectivity index (χ0v) is 11.1. The molecule has 78 valence electrons. The topological polar surface area (TPSA) is 17.1 Å². The van der Waals surface area contributed by atoms with E-state index in [9.17, 15) is 4.79 Å². The van der Waals surface area contributed by atoms with Crippen LogP contribution in [0.2, 0.25) is 0 Å². The lowest BCUT2D eigenvalue weighted by atomic mass is 10.1. The minimum atomic E-state index is 0.0323. The Bertz CT molecular complexity index is 128. The highest BCUT2D eigenvalue weighted by atomic mass is 127. The minimum Gasteiger partial charge on any atom is -0.288 e. The second-order valence-corrected chi connectivity index (χ2v) is 4.89. The summed E-state index contributed by atoms with van der Waals surface area (Å²) in [6.45, 7) is 0. The SMILES string of the molecule is O=C(S)CCCCCCCCCI. The first-order valence-electron chi connectivity index (χ1n) is 5.05. The van der Waals surface area contributed by atoms with E-state index in [4.69, 9.17) is 0 Å². The third-order valence-electron chi connectivity index (χ3n) is 2.02. The smallest absolute Gasteiger partial charge is 0.185 e. The third kappa shape index (κ3) is 12.8. The molecule has 0 spiro atoms. The summed E-state index contributed by atoms with van der Waals surface area (Å²) < 4.78 is 1.28. The lowest BCUT2D eigenvalue weighted by molar-refractivity contribution is -0.110. The quantitative estimate of drug-likeness (QED) is 0.295. The van der Waals surface area contributed by atoms with E-state index >= 15 is 0 Å². The van der Waals surface area contributed by atoms with Crippen LogP contribution in [0.4, 0.5) is 0 Å². The summed E-state index contributed by atoms with van der Waals surface area (Å²) in [4.78, 5) is 10.5. The van der Waals surface area contributed by atoms with Gasteiger partial charge in [-0.15, -0.1) is 12.6 Å². The highest BCUT2D eigenvalue weighted by molar-refractivity contribution is 14.1. The van der Waals surface area contributed by atoms with Crippen molar-refractivity contribution in [2.24, 2.45) is 0 Å². The number of halogens is 1. The Balaban J connectivity index is 2.87. The predicted octanol–water partition coefficient (Wildman–Crippen LogP) is 4.00. The Morgan fingerprint density at radius 1 is 0.923 bits per heavy atom. The van der Waals surface area contributed by atoms with Gasteiger partial charge in [0.15, 0.2) is 5.12 Å². The predicted molar refractivity (Wildman–Crippen MR) is 69.8 cm³/mol. The van der Waals surface area contributed by atoms with Gasteiger partial charge in [-0.1, -0.05) is 54.7 Å². The van der Waals surface area contributed by atoms with E-state index in [1.54, 1.807) is 0 Å². The number of hydrogen-bond acceptors (Lipinski definition) is 1. The van der Waals surface area contributed by atoms with Crippen molar-refractivity contribution in [2.75, 3.05) is 4.43 Å². The van der Waals surface area contributed by atoms with E-state index in [0.29, 0.717) is 6.42 Å². The zero-order chi connectivity index (χ0) is 9.94.